The second-order valence-electron chi connectivity index (χ2n) is 8.52. The first-order valence-corrected chi connectivity index (χ1v) is 11.5. The predicted octanol–water partition coefficient (Wildman–Crippen LogP) is 3.87. The van der Waals surface area contributed by atoms with Crippen LogP contribution in [0, 0.1) is 11.6 Å². The first kappa shape index (κ1) is 27.8. The summed E-state index contributed by atoms with van der Waals surface area (Å²) < 4.78 is 28.5. The number of benzene rings is 3. The molecule has 0 bridgehead atoms. The van der Waals surface area contributed by atoms with Crippen molar-refractivity contribution in [2.24, 2.45) is 0 Å². The Kier molecular flexibility index (Phi) is 8.96. The minimum absolute atomic E-state index is 0. The summed E-state index contributed by atoms with van der Waals surface area (Å²) in [5.74, 6) is -3.54. The summed E-state index contributed by atoms with van der Waals surface area (Å²) in [6, 6.07) is 16.1. The van der Waals surface area contributed by atoms with E-state index in [-0.39, 0.29) is 19.0 Å². The molecule has 0 aliphatic carbocycles. The van der Waals surface area contributed by atoms with Gasteiger partial charge < -0.3 is 20.9 Å². The van der Waals surface area contributed by atoms with Crippen LogP contribution in [0.15, 0.2) is 72.8 Å². The Balaban J connectivity index is 0.00000380. The van der Waals surface area contributed by atoms with Gasteiger partial charge in [-0.25, -0.2) is 8.78 Å². The maximum absolute atomic E-state index is 14.3. The highest BCUT2D eigenvalue weighted by molar-refractivity contribution is 6.00. The summed E-state index contributed by atoms with van der Waals surface area (Å²) in [5.41, 5.74) is 1.22. The zero-order chi connectivity index (χ0) is 25.8. The van der Waals surface area contributed by atoms with E-state index in [0.717, 1.165) is 17.7 Å². The van der Waals surface area contributed by atoms with Crippen LogP contribution in [-0.2, 0) is 20.9 Å². The molecule has 0 saturated heterocycles. The Bertz CT molecular complexity index is 1270. The molecule has 0 saturated carbocycles. The molecule has 194 valence electrons. The summed E-state index contributed by atoms with van der Waals surface area (Å²) >= 11 is 0. The number of carbonyl (C=O) groups is 3. The Morgan fingerprint density at radius 1 is 0.919 bits per heavy atom. The number of para-hydroxylation sites is 1. The van der Waals surface area contributed by atoms with Gasteiger partial charge in [0.05, 0.1) is 6.04 Å². The fourth-order valence-corrected chi connectivity index (χ4v) is 4.18. The number of hydrogen-bond acceptors (Lipinski definition) is 4. The monoisotopic (exact) mass is 528 g/mol. The molecule has 7 nitrogen and oxygen atoms in total. The Morgan fingerprint density at radius 2 is 1.54 bits per heavy atom. The molecule has 37 heavy (non-hydrogen) atoms. The minimum atomic E-state index is -1.16. The zero-order valence-corrected chi connectivity index (χ0v) is 21.0. The summed E-state index contributed by atoms with van der Waals surface area (Å²) in [6.45, 7) is 1.75. The maximum atomic E-state index is 14.3. The number of hydrogen-bond donors (Lipinski definition) is 3. The first-order chi connectivity index (χ1) is 17.3. The zero-order valence-electron chi connectivity index (χ0n) is 20.2. The van der Waals surface area contributed by atoms with Crippen molar-refractivity contribution in [3.05, 3.63) is 101 Å². The SMILES string of the molecule is CNC(C)C(=O)NC(C(=O)N1Cc2ccccc2[C@H]1C(=O)Nc1c(F)cccc1F)c1ccccc1.Cl. The number of halogens is 3. The first-order valence-electron chi connectivity index (χ1n) is 11.5. The second kappa shape index (κ2) is 11.9. The van der Waals surface area contributed by atoms with Crippen molar-refractivity contribution in [1.82, 2.24) is 15.5 Å². The number of likely N-dealkylation sites (N-methyl/N-ethyl adjacent to an activating group) is 1. The van der Waals surface area contributed by atoms with E-state index in [2.05, 4.69) is 16.0 Å². The number of nitrogens with zero attached hydrogens (tertiary/aromatic N) is 1. The van der Waals surface area contributed by atoms with Gasteiger partial charge in [-0.3, -0.25) is 14.4 Å². The van der Waals surface area contributed by atoms with Gasteiger partial charge in [0.15, 0.2) is 0 Å². The number of anilines is 1. The lowest BCUT2D eigenvalue weighted by Crippen LogP contribution is -2.48. The largest absolute Gasteiger partial charge is 0.339 e. The van der Waals surface area contributed by atoms with Crippen molar-refractivity contribution in [2.45, 2.75) is 31.6 Å². The Hall–Kier alpha value is -3.82. The van der Waals surface area contributed by atoms with E-state index in [9.17, 15) is 23.2 Å². The van der Waals surface area contributed by atoms with Gasteiger partial charge in [0.1, 0.15) is 29.4 Å². The highest BCUT2D eigenvalue weighted by Gasteiger charge is 2.42. The van der Waals surface area contributed by atoms with Gasteiger partial charge in [-0.2, -0.15) is 0 Å². The standard InChI is InChI=1S/C27H26F2N4O3.ClH/c1-16(30-2)25(34)31-22(17-9-4-3-5-10-17)27(36)33-15-18-11-6-7-12-19(18)24(33)26(35)32-23-20(28)13-8-14-21(23)29;/h3-14,16,22,24,30H,15H2,1-2H3,(H,31,34)(H,32,35);1H/t16?,22?,24-;/m0./s1. The van der Waals surface area contributed by atoms with Gasteiger partial charge in [-0.15, -0.1) is 12.4 Å². The van der Waals surface area contributed by atoms with Crippen LogP contribution in [-0.4, -0.2) is 35.7 Å². The number of rotatable bonds is 7. The lowest BCUT2D eigenvalue weighted by molar-refractivity contribution is -0.142. The van der Waals surface area contributed by atoms with Gasteiger partial charge in [0.2, 0.25) is 5.91 Å². The lowest BCUT2D eigenvalue weighted by atomic mass is 10.0. The van der Waals surface area contributed by atoms with Gasteiger partial charge in [0, 0.05) is 6.54 Å². The molecular weight excluding hydrogens is 502 g/mol. The number of nitrogens with one attached hydrogen (secondary N) is 3. The molecule has 4 rings (SSSR count). The van der Waals surface area contributed by atoms with Crippen molar-refractivity contribution < 1.29 is 23.2 Å². The summed E-state index contributed by atoms with van der Waals surface area (Å²) in [5, 5.41) is 7.92. The van der Waals surface area contributed by atoms with Gasteiger partial charge in [-0.1, -0.05) is 60.7 Å². The molecule has 1 heterocycles. The molecule has 3 aromatic carbocycles. The highest BCUT2D eigenvalue weighted by atomic mass is 35.5. The quantitative estimate of drug-likeness (QED) is 0.434. The predicted molar refractivity (Wildman–Crippen MR) is 138 cm³/mol. The van der Waals surface area contributed by atoms with E-state index < -0.39 is 53.2 Å². The van der Waals surface area contributed by atoms with Crippen molar-refractivity contribution in [1.29, 1.82) is 0 Å². The normalized spacial score (nSPS) is 15.7. The number of carbonyl (C=O) groups excluding carboxylic acids is 3. The van der Waals surface area contributed by atoms with E-state index in [1.807, 2.05) is 0 Å². The molecule has 3 atom stereocenters. The smallest absolute Gasteiger partial charge is 0.252 e. The molecule has 1 aliphatic heterocycles. The van der Waals surface area contributed by atoms with E-state index >= 15 is 0 Å². The molecular formula is C27H27ClF2N4O3. The molecule has 0 fully saturated rings. The van der Waals surface area contributed by atoms with Crippen molar-refractivity contribution in [3.8, 4) is 0 Å². The third-order valence-electron chi connectivity index (χ3n) is 6.24. The summed E-state index contributed by atoms with van der Waals surface area (Å²) in [7, 11) is 1.63. The van der Waals surface area contributed by atoms with Gasteiger partial charge in [-0.05, 0) is 42.8 Å². The average molecular weight is 529 g/mol. The fourth-order valence-electron chi connectivity index (χ4n) is 4.18. The molecule has 1 aliphatic rings. The molecule has 3 aromatic rings. The molecule has 0 spiro atoms. The Labute approximate surface area is 219 Å². The second-order valence-corrected chi connectivity index (χ2v) is 8.52. The lowest BCUT2D eigenvalue weighted by Gasteiger charge is -2.30. The molecule has 10 heteroatoms. The molecule has 3 amide bonds. The summed E-state index contributed by atoms with van der Waals surface area (Å²) in [4.78, 5) is 41.4. The number of fused-ring (bicyclic) bond motifs is 1. The van der Waals surface area contributed by atoms with E-state index in [4.69, 9.17) is 0 Å². The van der Waals surface area contributed by atoms with Crippen molar-refractivity contribution in [3.63, 3.8) is 0 Å². The van der Waals surface area contributed by atoms with E-state index in [1.54, 1.807) is 68.6 Å². The Morgan fingerprint density at radius 3 is 2.19 bits per heavy atom. The van der Waals surface area contributed by atoms with Crippen LogP contribution < -0.4 is 16.0 Å². The van der Waals surface area contributed by atoms with Crippen LogP contribution >= 0.6 is 12.4 Å². The molecule has 2 unspecified atom stereocenters. The third-order valence-corrected chi connectivity index (χ3v) is 6.24. The number of amides is 3. The molecule has 3 N–H and O–H groups in total. The maximum Gasteiger partial charge on any atom is 0.252 e. The van der Waals surface area contributed by atoms with Crippen LogP contribution in [0.25, 0.3) is 0 Å². The fraction of sp³-hybridized carbons (Fsp3) is 0.222. The van der Waals surface area contributed by atoms with Gasteiger partial charge >= 0.3 is 0 Å². The molecule has 0 radical (unpaired) electrons. The van der Waals surface area contributed by atoms with Crippen LogP contribution in [0.2, 0.25) is 0 Å². The molecule has 0 aromatic heterocycles. The third kappa shape index (κ3) is 5.79. The van der Waals surface area contributed by atoms with Crippen LogP contribution in [0.4, 0.5) is 14.5 Å². The van der Waals surface area contributed by atoms with E-state index in [1.165, 1.54) is 11.0 Å². The van der Waals surface area contributed by atoms with Crippen molar-refractivity contribution in [2.75, 3.05) is 12.4 Å². The van der Waals surface area contributed by atoms with Crippen LogP contribution in [0.5, 0.6) is 0 Å². The van der Waals surface area contributed by atoms with Gasteiger partial charge in [0.25, 0.3) is 11.8 Å². The van der Waals surface area contributed by atoms with E-state index in [0.29, 0.717) is 11.1 Å². The average Bonchev–Trinajstić information content (AvgIpc) is 3.28. The minimum Gasteiger partial charge on any atom is -0.339 e. The van der Waals surface area contributed by atoms with Crippen LogP contribution in [0.3, 0.4) is 0 Å². The topological polar surface area (TPSA) is 90.5 Å². The summed E-state index contributed by atoms with van der Waals surface area (Å²) in [6.07, 6.45) is 0. The van der Waals surface area contributed by atoms with Crippen LogP contribution in [0.1, 0.15) is 35.7 Å². The van der Waals surface area contributed by atoms with Crippen molar-refractivity contribution >= 4 is 35.8 Å². The highest BCUT2D eigenvalue weighted by Crippen LogP contribution is 2.37.